The summed E-state index contributed by atoms with van der Waals surface area (Å²) in [5.74, 6) is -1.86. The van der Waals surface area contributed by atoms with Crippen LogP contribution < -0.4 is 0 Å². The monoisotopic (exact) mass is 958 g/mol. The van der Waals surface area contributed by atoms with E-state index < -0.39 is 156 Å². The lowest BCUT2D eigenvalue weighted by atomic mass is 9.41. The van der Waals surface area contributed by atoms with Crippen LogP contribution in [-0.4, -0.2) is 201 Å². The van der Waals surface area contributed by atoms with Gasteiger partial charge in [-0.05, 0) is 79.4 Å². The average molecular weight is 959 g/mol. The van der Waals surface area contributed by atoms with Crippen molar-refractivity contribution in [3.63, 3.8) is 0 Å². The molecule has 22 heteroatoms. The van der Waals surface area contributed by atoms with Crippen molar-refractivity contribution in [3.8, 4) is 0 Å². The van der Waals surface area contributed by atoms with Crippen LogP contribution >= 0.6 is 0 Å². The molecular weight excluding hydrogens is 885 g/mol. The van der Waals surface area contributed by atoms with Crippen LogP contribution in [0.4, 0.5) is 0 Å². The first kappa shape index (κ1) is 52.0. The summed E-state index contributed by atoms with van der Waals surface area (Å²) < 4.78 is 79.3. The molecule has 0 aromatic heterocycles. The maximum Gasteiger partial charge on any atom is 0.397 e. The molecule has 11 N–H and O–H groups in total. The van der Waals surface area contributed by atoms with E-state index in [-0.39, 0.29) is 36.7 Å². The van der Waals surface area contributed by atoms with E-state index in [2.05, 4.69) is 13.8 Å². The smallest absolute Gasteiger partial charge is 0.394 e. The van der Waals surface area contributed by atoms with Gasteiger partial charge in [-0.25, -0.2) is 4.18 Å². The molecule has 25 atom stereocenters. The topological polar surface area (TPSA) is 331 Å². The van der Waals surface area contributed by atoms with E-state index >= 15 is 0 Å². The number of ether oxygens (including phenoxy) is 7. The molecule has 7 rings (SSSR count). The molecular formula is C43H74O21S. The zero-order valence-corrected chi connectivity index (χ0v) is 38.8. The largest absolute Gasteiger partial charge is 0.397 e. The molecule has 0 radical (unpaired) electrons. The predicted octanol–water partition coefficient (Wildman–Crippen LogP) is -1.66. The lowest BCUT2D eigenvalue weighted by Gasteiger charge is -2.66. The van der Waals surface area contributed by atoms with Gasteiger partial charge in [-0.3, -0.25) is 4.55 Å². The molecule has 0 aromatic carbocycles. The average Bonchev–Trinajstić information content (AvgIpc) is 3.80. The van der Waals surface area contributed by atoms with Gasteiger partial charge >= 0.3 is 10.4 Å². The second-order valence-corrected chi connectivity index (χ2v) is 22.0. The van der Waals surface area contributed by atoms with Gasteiger partial charge in [0.15, 0.2) is 18.9 Å². The van der Waals surface area contributed by atoms with Crippen molar-refractivity contribution in [3.05, 3.63) is 0 Å². The fraction of sp³-hybridized carbons (Fsp3) is 1.00. The molecule has 3 heterocycles. The normalized spacial score (nSPS) is 51.1. The summed E-state index contributed by atoms with van der Waals surface area (Å²) in [5.41, 5.74) is -2.73. The second kappa shape index (κ2) is 19.8. The number of methoxy groups -OCH3 is 1. The van der Waals surface area contributed by atoms with Crippen molar-refractivity contribution in [2.24, 2.45) is 46.3 Å². The van der Waals surface area contributed by atoms with Crippen molar-refractivity contribution < 1.29 is 101 Å². The van der Waals surface area contributed by atoms with Gasteiger partial charge in [-0.15, -0.1) is 0 Å². The Morgan fingerprint density at radius 2 is 1.40 bits per heavy atom. The lowest BCUT2D eigenvalue weighted by molar-refractivity contribution is -0.320. The number of hydrogen-bond donors (Lipinski definition) is 11. The molecule has 2 unspecified atom stereocenters. The zero-order chi connectivity index (χ0) is 47.7. The molecule has 4 aliphatic carbocycles. The summed E-state index contributed by atoms with van der Waals surface area (Å²) in [4.78, 5) is 0. The summed E-state index contributed by atoms with van der Waals surface area (Å²) >= 11 is 0. The van der Waals surface area contributed by atoms with Crippen LogP contribution in [-0.2, 0) is 47.7 Å². The van der Waals surface area contributed by atoms with Crippen LogP contribution in [0.2, 0.25) is 0 Å². The highest BCUT2D eigenvalue weighted by Gasteiger charge is 2.72. The Kier molecular flexibility index (Phi) is 15.8. The molecule has 0 spiro atoms. The van der Waals surface area contributed by atoms with Crippen LogP contribution in [0.25, 0.3) is 0 Å². The van der Waals surface area contributed by atoms with Crippen LogP contribution in [0.3, 0.4) is 0 Å². The van der Waals surface area contributed by atoms with Crippen LogP contribution in [0.15, 0.2) is 0 Å². The van der Waals surface area contributed by atoms with E-state index in [9.17, 15) is 64.0 Å². The molecule has 7 aliphatic rings. The molecule has 0 amide bonds. The van der Waals surface area contributed by atoms with Gasteiger partial charge in [0.1, 0.15) is 54.9 Å². The van der Waals surface area contributed by atoms with Gasteiger partial charge < -0.3 is 84.2 Å². The quantitative estimate of drug-likeness (QED) is 0.0609. The van der Waals surface area contributed by atoms with Crippen molar-refractivity contribution in [1.29, 1.82) is 0 Å². The van der Waals surface area contributed by atoms with Gasteiger partial charge in [0, 0.05) is 25.4 Å². The van der Waals surface area contributed by atoms with Crippen molar-refractivity contribution >= 4 is 10.4 Å². The van der Waals surface area contributed by atoms with Gasteiger partial charge in [-0.1, -0.05) is 34.6 Å². The zero-order valence-electron chi connectivity index (χ0n) is 38.0. The molecule has 0 bridgehead atoms. The Hall–Kier alpha value is -0.810. The highest BCUT2D eigenvalue weighted by atomic mass is 32.3. The fourth-order valence-corrected chi connectivity index (χ4v) is 14.3. The maximum absolute atomic E-state index is 13.0. The van der Waals surface area contributed by atoms with E-state index in [1.54, 1.807) is 0 Å². The minimum atomic E-state index is -5.13. The first-order chi connectivity index (χ1) is 30.4. The molecule has 4 saturated carbocycles. The Balaban J connectivity index is 1.03. The first-order valence-corrected chi connectivity index (χ1v) is 24.6. The summed E-state index contributed by atoms with van der Waals surface area (Å²) in [6, 6.07) is 0. The standard InChI is InChI=1S/C43H74O21S/c1-18(2)24(59-40-36(34(27(16-45)62-40)64-65(54,55)56)63-38-33(52)32(51)26(15-44)61-38)8-7-19(3)20-13-21(46)37-41(20,4)12-10-28-42(5)11-9-25(31(50)29(42)22(47)14-43(28,37)53)60-39-35(57-6)30(49)23(48)17-58-39/h18-40,44-53H,7-17H2,1-6H3,(H,54,55,56)/t19-,20-,21+,22?,23-,24+,25+,26+,27+,28-,29?,30+,31+,32+,33-,34+,35-,36-,37-,38+,39+,40-,41-,42-,43+/m1/s1. The molecule has 7 fully saturated rings. The molecule has 21 nitrogen and oxygen atoms in total. The second-order valence-electron chi connectivity index (χ2n) is 20.9. The number of aliphatic hydroxyl groups excluding tert-OH is 9. The first-order valence-electron chi connectivity index (χ1n) is 23.2. The maximum atomic E-state index is 13.0. The van der Waals surface area contributed by atoms with Crippen molar-refractivity contribution in [1.82, 2.24) is 0 Å². The highest BCUT2D eigenvalue weighted by molar-refractivity contribution is 7.80. The van der Waals surface area contributed by atoms with E-state index in [1.165, 1.54) is 7.11 Å². The summed E-state index contributed by atoms with van der Waals surface area (Å²) in [7, 11) is -3.76. The van der Waals surface area contributed by atoms with E-state index in [0.717, 1.165) is 0 Å². The van der Waals surface area contributed by atoms with Gasteiger partial charge in [0.25, 0.3) is 0 Å². The molecule has 378 valence electrons. The van der Waals surface area contributed by atoms with Gasteiger partial charge in [0.05, 0.1) is 55.9 Å². The van der Waals surface area contributed by atoms with Crippen LogP contribution in [0, 0.1) is 46.3 Å². The Labute approximate surface area is 380 Å². The SMILES string of the molecule is CO[C@H]1[C@H](O[C@H]2CC[C@@]3(C)C(C(O)C[C@@]4(O)[C@@H]5[C@@H](O)C[C@H]([C@H](C)CC[C@H](O[C@@H]6O[C@@H](CO)[C@H](OS(=O)(=O)O)[C@H]6O[C@@H]6O[C@@H](CO)[C@H](O)[C@H]6O)C(C)C)[C@@]5(C)CC[C@@H]43)[C@H]2O)OC[C@@H](O)[C@@H]1O. The Bertz CT molecular complexity index is 1710. The third-order valence-electron chi connectivity index (χ3n) is 16.9. The van der Waals surface area contributed by atoms with Crippen LogP contribution in [0.1, 0.15) is 86.0 Å². The number of aliphatic hydroxyl groups is 10. The molecule has 65 heavy (non-hydrogen) atoms. The minimum absolute atomic E-state index is 0.0234. The van der Waals surface area contributed by atoms with E-state index in [4.69, 9.17) is 37.3 Å². The third-order valence-corrected chi connectivity index (χ3v) is 17.4. The lowest BCUT2D eigenvalue weighted by Crippen LogP contribution is -2.71. The summed E-state index contributed by atoms with van der Waals surface area (Å²) in [6.45, 7) is 8.40. The summed E-state index contributed by atoms with van der Waals surface area (Å²) in [6.07, 6.45) is -17.5. The summed E-state index contributed by atoms with van der Waals surface area (Å²) in [5, 5.41) is 110. The van der Waals surface area contributed by atoms with Crippen molar-refractivity contribution in [2.45, 2.75) is 196 Å². The van der Waals surface area contributed by atoms with Gasteiger partial charge in [-0.2, -0.15) is 8.42 Å². The third kappa shape index (κ3) is 9.58. The molecule has 3 saturated heterocycles. The van der Waals surface area contributed by atoms with Gasteiger partial charge in [0.2, 0.25) is 0 Å². The van der Waals surface area contributed by atoms with Crippen molar-refractivity contribution in [2.75, 3.05) is 26.9 Å². The van der Waals surface area contributed by atoms with E-state index in [0.29, 0.717) is 44.9 Å². The number of hydrogen-bond acceptors (Lipinski definition) is 20. The number of rotatable bonds is 16. The molecule has 0 aromatic rings. The highest BCUT2D eigenvalue weighted by Crippen LogP contribution is 2.70. The number of fused-ring (bicyclic) bond motifs is 5. The predicted molar refractivity (Wildman–Crippen MR) is 221 cm³/mol. The fourth-order valence-electron chi connectivity index (χ4n) is 13.8. The van der Waals surface area contributed by atoms with Crippen LogP contribution in [0.5, 0.6) is 0 Å². The van der Waals surface area contributed by atoms with E-state index in [1.807, 2.05) is 20.8 Å². The Morgan fingerprint density at radius 1 is 0.738 bits per heavy atom. The minimum Gasteiger partial charge on any atom is -0.394 e. The Morgan fingerprint density at radius 3 is 2.02 bits per heavy atom. The molecule has 3 aliphatic heterocycles.